The van der Waals surface area contributed by atoms with Crippen LogP contribution in [0.5, 0.6) is 0 Å². The van der Waals surface area contributed by atoms with E-state index in [1.54, 1.807) is 0 Å². The third-order valence-electron chi connectivity index (χ3n) is 5.83. The molecule has 0 bridgehead atoms. The highest BCUT2D eigenvalue weighted by Gasteiger charge is 2.28. The Labute approximate surface area is 171 Å². The third-order valence-corrected chi connectivity index (χ3v) is 5.83. The quantitative estimate of drug-likeness (QED) is 0.536. The van der Waals surface area contributed by atoms with E-state index in [9.17, 15) is 0 Å². The van der Waals surface area contributed by atoms with E-state index in [-0.39, 0.29) is 6.04 Å². The summed E-state index contributed by atoms with van der Waals surface area (Å²) in [7, 11) is 2.20. The molecule has 1 aromatic carbocycles. The minimum atomic E-state index is 0.278. The number of benzene rings is 1. The van der Waals surface area contributed by atoms with Crippen LogP contribution in [0.15, 0.2) is 79.4 Å². The molecule has 1 fully saturated rings. The number of hydrogen-bond acceptors (Lipinski definition) is 4. The molecule has 1 aliphatic heterocycles. The third kappa shape index (κ3) is 3.67. The van der Waals surface area contributed by atoms with Gasteiger partial charge >= 0.3 is 0 Å². The largest absolute Gasteiger partial charge is 0.305 e. The second-order valence-corrected chi connectivity index (χ2v) is 7.76. The zero-order valence-electron chi connectivity index (χ0n) is 16.6. The van der Waals surface area contributed by atoms with Crippen molar-refractivity contribution >= 4 is 5.52 Å². The molecule has 5 nitrogen and oxygen atoms in total. The van der Waals surface area contributed by atoms with Gasteiger partial charge in [-0.2, -0.15) is 0 Å². The molecule has 0 unspecified atom stereocenters. The maximum absolute atomic E-state index is 4.82. The van der Waals surface area contributed by atoms with Crippen molar-refractivity contribution in [2.45, 2.75) is 12.6 Å². The fourth-order valence-electron chi connectivity index (χ4n) is 4.17. The molecule has 0 radical (unpaired) electrons. The van der Waals surface area contributed by atoms with Crippen molar-refractivity contribution in [1.82, 2.24) is 24.2 Å². The van der Waals surface area contributed by atoms with Crippen molar-refractivity contribution in [3.05, 3.63) is 90.8 Å². The van der Waals surface area contributed by atoms with Crippen LogP contribution in [0.25, 0.3) is 16.6 Å². The van der Waals surface area contributed by atoms with Crippen LogP contribution in [0.1, 0.15) is 17.4 Å². The Morgan fingerprint density at radius 2 is 1.76 bits per heavy atom. The van der Waals surface area contributed by atoms with E-state index in [1.165, 1.54) is 16.6 Å². The molecule has 0 saturated carbocycles. The van der Waals surface area contributed by atoms with Crippen LogP contribution in [-0.4, -0.2) is 50.9 Å². The summed E-state index contributed by atoms with van der Waals surface area (Å²) in [4.78, 5) is 14.2. The first-order chi connectivity index (χ1) is 14.3. The normalized spacial score (nSPS) is 18.3. The van der Waals surface area contributed by atoms with Gasteiger partial charge in [-0.1, -0.05) is 42.5 Å². The predicted molar refractivity (Wildman–Crippen MR) is 116 cm³/mol. The van der Waals surface area contributed by atoms with Crippen LogP contribution in [0.3, 0.4) is 0 Å². The lowest BCUT2D eigenvalue weighted by Crippen LogP contribution is -2.46. The maximum Gasteiger partial charge on any atom is 0.0996 e. The highest BCUT2D eigenvalue weighted by atomic mass is 15.3. The van der Waals surface area contributed by atoms with Gasteiger partial charge in [0.05, 0.1) is 29.3 Å². The SMILES string of the molecule is CN1CCN(Cc2ccccn2)C[C@@H]1c1ncn2cc(-c3ccccc3)ccc12. The Morgan fingerprint density at radius 1 is 0.897 bits per heavy atom. The molecule has 1 atom stereocenters. The maximum atomic E-state index is 4.82. The van der Waals surface area contributed by atoms with Crippen LogP contribution in [0, 0.1) is 0 Å². The van der Waals surface area contributed by atoms with E-state index < -0.39 is 0 Å². The second-order valence-electron chi connectivity index (χ2n) is 7.76. The second kappa shape index (κ2) is 7.78. The first-order valence-corrected chi connectivity index (χ1v) is 10.1. The summed E-state index contributed by atoms with van der Waals surface area (Å²) in [5.41, 5.74) is 5.88. The summed E-state index contributed by atoms with van der Waals surface area (Å²) in [6.45, 7) is 3.92. The van der Waals surface area contributed by atoms with Crippen molar-refractivity contribution in [1.29, 1.82) is 0 Å². The minimum absolute atomic E-state index is 0.278. The van der Waals surface area contributed by atoms with Gasteiger partial charge in [0.25, 0.3) is 0 Å². The van der Waals surface area contributed by atoms with E-state index in [2.05, 4.69) is 81.0 Å². The molecular weight excluding hydrogens is 358 g/mol. The number of pyridine rings is 2. The molecule has 0 N–H and O–H groups in total. The number of imidazole rings is 1. The molecule has 0 spiro atoms. The Hall–Kier alpha value is -3.02. The van der Waals surface area contributed by atoms with Gasteiger partial charge in [0.15, 0.2) is 0 Å². The Morgan fingerprint density at radius 3 is 2.59 bits per heavy atom. The number of hydrogen-bond donors (Lipinski definition) is 0. The van der Waals surface area contributed by atoms with Gasteiger partial charge in [-0.25, -0.2) is 4.98 Å². The van der Waals surface area contributed by atoms with E-state index >= 15 is 0 Å². The van der Waals surface area contributed by atoms with Gasteiger partial charge in [0.1, 0.15) is 0 Å². The molecule has 1 saturated heterocycles. The van der Waals surface area contributed by atoms with Crippen LogP contribution in [-0.2, 0) is 6.54 Å². The fraction of sp³-hybridized carbons (Fsp3) is 0.250. The number of piperazine rings is 1. The first kappa shape index (κ1) is 18.0. The highest BCUT2D eigenvalue weighted by molar-refractivity contribution is 5.66. The van der Waals surface area contributed by atoms with Crippen molar-refractivity contribution in [2.24, 2.45) is 0 Å². The standard InChI is InChI=1S/C24H25N5/c1-27-13-14-28(16-21-9-5-6-12-25-21)17-23(27)24-22-11-10-20(15-29(22)18-26-24)19-7-3-2-4-8-19/h2-12,15,18,23H,13-14,16-17H2,1H3/t23-/m1/s1. The molecule has 4 heterocycles. The van der Waals surface area contributed by atoms with E-state index in [0.717, 1.165) is 37.6 Å². The van der Waals surface area contributed by atoms with Crippen LogP contribution >= 0.6 is 0 Å². The zero-order valence-corrected chi connectivity index (χ0v) is 16.6. The number of rotatable bonds is 4. The van der Waals surface area contributed by atoms with E-state index in [0.29, 0.717) is 0 Å². The molecule has 4 aromatic rings. The number of likely N-dealkylation sites (N-methyl/N-ethyl adjacent to an activating group) is 1. The minimum Gasteiger partial charge on any atom is -0.305 e. The van der Waals surface area contributed by atoms with Gasteiger partial charge in [-0.15, -0.1) is 0 Å². The Kier molecular flexibility index (Phi) is 4.84. The average Bonchev–Trinajstić information content (AvgIpc) is 3.19. The molecular formula is C24H25N5. The molecule has 0 amide bonds. The van der Waals surface area contributed by atoms with E-state index in [4.69, 9.17) is 4.98 Å². The lowest BCUT2D eigenvalue weighted by atomic mass is 10.1. The molecule has 0 aliphatic carbocycles. The first-order valence-electron chi connectivity index (χ1n) is 10.1. The van der Waals surface area contributed by atoms with Gasteiger partial charge < -0.3 is 4.40 Å². The summed E-state index contributed by atoms with van der Waals surface area (Å²) >= 11 is 0. The molecule has 5 rings (SSSR count). The molecule has 1 aliphatic rings. The summed E-state index contributed by atoms with van der Waals surface area (Å²) < 4.78 is 2.16. The van der Waals surface area contributed by atoms with E-state index in [1.807, 2.05) is 24.7 Å². The van der Waals surface area contributed by atoms with Crippen molar-refractivity contribution in [2.75, 3.05) is 26.7 Å². The van der Waals surface area contributed by atoms with Gasteiger partial charge in [0, 0.05) is 38.6 Å². The van der Waals surface area contributed by atoms with Gasteiger partial charge in [-0.05, 0) is 36.4 Å². The van der Waals surface area contributed by atoms with Crippen LogP contribution < -0.4 is 0 Å². The van der Waals surface area contributed by atoms with Crippen LogP contribution in [0.4, 0.5) is 0 Å². The fourth-order valence-corrected chi connectivity index (χ4v) is 4.17. The number of nitrogens with zero attached hydrogens (tertiary/aromatic N) is 5. The summed E-state index contributed by atoms with van der Waals surface area (Å²) in [5, 5.41) is 0. The molecule has 146 valence electrons. The number of fused-ring (bicyclic) bond motifs is 1. The lowest BCUT2D eigenvalue weighted by molar-refractivity contribution is 0.0883. The highest BCUT2D eigenvalue weighted by Crippen LogP contribution is 2.28. The van der Waals surface area contributed by atoms with Gasteiger partial charge in [-0.3, -0.25) is 14.8 Å². The molecule has 5 heteroatoms. The number of aromatic nitrogens is 3. The van der Waals surface area contributed by atoms with Crippen molar-refractivity contribution in [3.8, 4) is 11.1 Å². The molecule has 29 heavy (non-hydrogen) atoms. The van der Waals surface area contributed by atoms with Crippen LogP contribution in [0.2, 0.25) is 0 Å². The summed E-state index contributed by atoms with van der Waals surface area (Å²) in [5.74, 6) is 0. The summed E-state index contributed by atoms with van der Waals surface area (Å²) in [6.07, 6.45) is 5.99. The van der Waals surface area contributed by atoms with Crippen molar-refractivity contribution < 1.29 is 0 Å². The topological polar surface area (TPSA) is 36.7 Å². The molecule has 3 aromatic heterocycles. The summed E-state index contributed by atoms with van der Waals surface area (Å²) in [6, 6.07) is 21.3. The Bertz CT molecular complexity index is 1090. The van der Waals surface area contributed by atoms with Gasteiger partial charge in [0.2, 0.25) is 0 Å². The average molecular weight is 383 g/mol. The zero-order chi connectivity index (χ0) is 19.6. The predicted octanol–water partition coefficient (Wildman–Crippen LogP) is 3.89. The Balaban J connectivity index is 1.41. The smallest absolute Gasteiger partial charge is 0.0996 e. The van der Waals surface area contributed by atoms with Crippen molar-refractivity contribution in [3.63, 3.8) is 0 Å². The lowest BCUT2D eigenvalue weighted by Gasteiger charge is -2.38. The monoisotopic (exact) mass is 383 g/mol.